The molecule has 0 aromatic rings. The average molecular weight is 222 g/mol. The van der Waals surface area contributed by atoms with Crippen LogP contribution in [-0.2, 0) is 10.2 Å². The van der Waals surface area contributed by atoms with Crippen LogP contribution in [0, 0.1) is 0 Å². The van der Waals surface area contributed by atoms with Gasteiger partial charge in [-0.2, -0.15) is 8.42 Å². The van der Waals surface area contributed by atoms with Crippen molar-refractivity contribution >= 4 is 16.2 Å². The number of nitrogens with one attached hydrogen (secondary N) is 1. The van der Waals surface area contributed by atoms with Gasteiger partial charge >= 0.3 is 0 Å². The Morgan fingerprint density at radius 1 is 1.50 bits per heavy atom. The summed E-state index contributed by atoms with van der Waals surface area (Å²) in [4.78, 5) is 5.64. The van der Waals surface area contributed by atoms with Crippen LogP contribution in [0.3, 0.4) is 0 Å². The van der Waals surface area contributed by atoms with Crippen molar-refractivity contribution in [1.29, 1.82) is 0 Å². The molecule has 3 N–H and O–H groups in total. The molecule has 0 aliphatic carbocycles. The summed E-state index contributed by atoms with van der Waals surface area (Å²) in [5.74, 6) is 0.265. The van der Waals surface area contributed by atoms with Gasteiger partial charge in [-0.15, -0.1) is 0 Å². The van der Waals surface area contributed by atoms with E-state index in [4.69, 9.17) is 5.14 Å². The highest BCUT2D eigenvalue weighted by molar-refractivity contribution is 7.87. The predicted octanol–water partition coefficient (Wildman–Crippen LogP) is -0.503. The van der Waals surface area contributed by atoms with E-state index < -0.39 is 10.2 Å². The summed E-state index contributed by atoms with van der Waals surface area (Å²) in [7, 11) is -0.333. The third-order valence-corrected chi connectivity index (χ3v) is 1.90. The van der Waals surface area contributed by atoms with Crippen LogP contribution in [-0.4, -0.2) is 39.9 Å². The molecule has 0 rings (SSSR count). The first-order chi connectivity index (χ1) is 6.37. The third kappa shape index (κ3) is 6.67. The van der Waals surface area contributed by atoms with Crippen molar-refractivity contribution in [2.24, 2.45) is 10.1 Å². The number of nitrogens with zero attached hydrogens (tertiary/aromatic N) is 2. The second-order valence-corrected chi connectivity index (χ2v) is 4.39. The molecule has 0 saturated heterocycles. The van der Waals surface area contributed by atoms with Gasteiger partial charge in [-0.25, -0.2) is 9.86 Å². The zero-order chi connectivity index (χ0) is 11.2. The van der Waals surface area contributed by atoms with Crippen LogP contribution in [0.25, 0.3) is 0 Å². The largest absolute Gasteiger partial charge is 0.348 e. The fourth-order valence-electron chi connectivity index (χ4n) is 0.735. The van der Waals surface area contributed by atoms with Crippen molar-refractivity contribution in [2.75, 3.05) is 20.6 Å². The molecular formula is C7H18N4O2S. The van der Waals surface area contributed by atoms with Crippen molar-refractivity contribution in [2.45, 2.75) is 19.8 Å². The molecule has 6 nitrogen and oxygen atoms in total. The van der Waals surface area contributed by atoms with E-state index in [0.717, 1.165) is 12.8 Å². The van der Waals surface area contributed by atoms with Crippen LogP contribution in [0.4, 0.5) is 0 Å². The Morgan fingerprint density at radius 3 is 2.43 bits per heavy atom. The van der Waals surface area contributed by atoms with Gasteiger partial charge in [0, 0.05) is 20.6 Å². The van der Waals surface area contributed by atoms with Gasteiger partial charge < -0.3 is 4.90 Å². The number of nitrogens with two attached hydrogens (primary N) is 1. The van der Waals surface area contributed by atoms with Crippen LogP contribution in [0.1, 0.15) is 19.8 Å². The zero-order valence-electron chi connectivity index (χ0n) is 8.82. The highest BCUT2D eigenvalue weighted by atomic mass is 32.2. The molecule has 0 radical (unpaired) electrons. The monoisotopic (exact) mass is 222 g/mol. The van der Waals surface area contributed by atoms with Crippen molar-refractivity contribution in [3.63, 3.8) is 0 Å². The lowest BCUT2D eigenvalue weighted by molar-refractivity contribution is 0.572. The molecular weight excluding hydrogens is 204 g/mol. The second-order valence-electron chi connectivity index (χ2n) is 3.10. The Kier molecular flexibility index (Phi) is 5.47. The average Bonchev–Trinajstić information content (AvgIpc) is 2.00. The number of hydrogen-bond acceptors (Lipinski definition) is 3. The van der Waals surface area contributed by atoms with Crippen LogP contribution < -0.4 is 9.86 Å². The molecule has 7 heteroatoms. The number of rotatable bonds is 4. The molecule has 0 unspecified atom stereocenters. The summed E-state index contributed by atoms with van der Waals surface area (Å²) in [6.45, 7) is 2.63. The summed E-state index contributed by atoms with van der Waals surface area (Å²) in [5.41, 5.74) is 0. The van der Waals surface area contributed by atoms with Gasteiger partial charge in [0.25, 0.3) is 10.2 Å². The van der Waals surface area contributed by atoms with Crippen LogP contribution in [0.15, 0.2) is 4.99 Å². The molecule has 0 heterocycles. The topological polar surface area (TPSA) is 87.8 Å². The van der Waals surface area contributed by atoms with E-state index in [0.29, 0.717) is 6.54 Å². The lowest BCUT2D eigenvalue weighted by Gasteiger charge is -2.15. The summed E-state index contributed by atoms with van der Waals surface area (Å²) < 4.78 is 23.6. The normalized spacial score (nSPS) is 12.7. The highest BCUT2D eigenvalue weighted by Crippen LogP contribution is 1.89. The molecule has 0 fully saturated rings. The predicted molar refractivity (Wildman–Crippen MR) is 57.1 cm³/mol. The van der Waals surface area contributed by atoms with Crippen LogP contribution in [0.2, 0.25) is 0 Å². The molecule has 14 heavy (non-hydrogen) atoms. The number of aliphatic imine (C=N–C) groups is 1. The Balaban J connectivity index is 4.37. The van der Waals surface area contributed by atoms with Gasteiger partial charge in [-0.05, 0) is 6.42 Å². The van der Waals surface area contributed by atoms with Gasteiger partial charge in [-0.3, -0.25) is 4.99 Å². The molecule has 84 valence electrons. The fraction of sp³-hybridized carbons (Fsp3) is 0.857. The Bertz CT molecular complexity index is 284. The SMILES string of the molecule is CCCCN=C(NS(N)(=O)=O)N(C)C. The minimum Gasteiger partial charge on any atom is -0.348 e. The standard InChI is InChI=1S/C7H18N4O2S/c1-4-5-6-9-7(11(2)3)10-14(8,12)13/h4-6H2,1-3H3,(H,9,10)(H2,8,12,13). The number of unbranched alkanes of at least 4 members (excludes halogenated alkanes) is 1. The fourth-order valence-corrected chi connectivity index (χ4v) is 1.24. The lowest BCUT2D eigenvalue weighted by atomic mass is 10.3. The quantitative estimate of drug-likeness (QED) is 0.382. The van der Waals surface area contributed by atoms with E-state index in [-0.39, 0.29) is 5.96 Å². The molecule has 0 spiro atoms. The zero-order valence-corrected chi connectivity index (χ0v) is 9.63. The van der Waals surface area contributed by atoms with Crippen molar-refractivity contribution in [3.8, 4) is 0 Å². The van der Waals surface area contributed by atoms with Crippen LogP contribution >= 0.6 is 0 Å². The Labute approximate surface area is 85.4 Å². The maximum Gasteiger partial charge on any atom is 0.298 e. The Hall–Kier alpha value is -0.820. The number of hydrogen-bond donors (Lipinski definition) is 2. The molecule has 0 bridgehead atoms. The number of guanidine groups is 1. The molecule has 0 aromatic heterocycles. The summed E-state index contributed by atoms with van der Waals surface area (Å²) in [6, 6.07) is 0. The molecule has 0 aromatic carbocycles. The van der Waals surface area contributed by atoms with Gasteiger partial charge in [0.1, 0.15) is 0 Å². The van der Waals surface area contributed by atoms with E-state index in [1.54, 1.807) is 19.0 Å². The maximum atomic E-state index is 10.7. The van der Waals surface area contributed by atoms with E-state index in [1.807, 2.05) is 6.92 Å². The van der Waals surface area contributed by atoms with Crippen LogP contribution in [0.5, 0.6) is 0 Å². The second kappa shape index (κ2) is 5.82. The van der Waals surface area contributed by atoms with Crippen molar-refractivity contribution in [3.05, 3.63) is 0 Å². The van der Waals surface area contributed by atoms with Crippen molar-refractivity contribution < 1.29 is 8.42 Å². The van der Waals surface area contributed by atoms with E-state index in [1.165, 1.54) is 0 Å². The molecule has 0 saturated carbocycles. The highest BCUT2D eigenvalue weighted by Gasteiger charge is 2.07. The van der Waals surface area contributed by atoms with E-state index in [9.17, 15) is 8.42 Å². The first kappa shape index (κ1) is 13.2. The Morgan fingerprint density at radius 2 is 2.07 bits per heavy atom. The molecule has 0 aliphatic heterocycles. The minimum atomic E-state index is -3.73. The molecule has 0 aliphatic rings. The van der Waals surface area contributed by atoms with Crippen molar-refractivity contribution in [1.82, 2.24) is 9.62 Å². The van der Waals surface area contributed by atoms with Gasteiger partial charge in [0.15, 0.2) is 0 Å². The van der Waals surface area contributed by atoms with Gasteiger partial charge in [0.05, 0.1) is 0 Å². The van der Waals surface area contributed by atoms with Gasteiger partial charge in [-0.1, -0.05) is 13.3 Å². The molecule has 0 amide bonds. The van der Waals surface area contributed by atoms with Gasteiger partial charge in [0.2, 0.25) is 5.96 Å². The lowest BCUT2D eigenvalue weighted by Crippen LogP contribution is -2.43. The first-order valence-corrected chi connectivity index (χ1v) is 5.93. The first-order valence-electron chi connectivity index (χ1n) is 4.39. The third-order valence-electron chi connectivity index (χ3n) is 1.43. The smallest absolute Gasteiger partial charge is 0.298 e. The summed E-state index contributed by atoms with van der Waals surface area (Å²) >= 11 is 0. The van der Waals surface area contributed by atoms with E-state index in [2.05, 4.69) is 9.71 Å². The maximum absolute atomic E-state index is 10.7. The van der Waals surface area contributed by atoms with E-state index >= 15 is 0 Å². The summed E-state index contributed by atoms with van der Waals surface area (Å²) in [5, 5.41) is 4.83. The molecule has 0 atom stereocenters. The summed E-state index contributed by atoms with van der Waals surface area (Å²) in [6.07, 6.45) is 1.93. The minimum absolute atomic E-state index is 0.265.